The van der Waals surface area contributed by atoms with Crippen molar-refractivity contribution in [2.45, 2.75) is 17.7 Å². The van der Waals surface area contributed by atoms with E-state index in [-0.39, 0.29) is 23.2 Å². The average molecular weight is 389 g/mol. The summed E-state index contributed by atoms with van der Waals surface area (Å²) in [6.07, 6.45) is 2.34. The maximum atomic E-state index is 12.2. The van der Waals surface area contributed by atoms with Crippen molar-refractivity contribution < 1.29 is 17.9 Å². The molecule has 0 unspecified atom stereocenters. The fourth-order valence-electron chi connectivity index (χ4n) is 3.41. The van der Waals surface area contributed by atoms with E-state index in [9.17, 15) is 13.2 Å². The van der Waals surface area contributed by atoms with E-state index in [0.29, 0.717) is 37.0 Å². The zero-order valence-electron chi connectivity index (χ0n) is 14.3. The Morgan fingerprint density at radius 3 is 2.36 bits per heavy atom. The van der Waals surface area contributed by atoms with Gasteiger partial charge in [0.1, 0.15) is 5.75 Å². The molecule has 1 aromatic rings. The minimum Gasteiger partial charge on any atom is -0.494 e. The Morgan fingerprint density at radius 2 is 1.80 bits per heavy atom. The van der Waals surface area contributed by atoms with Crippen LogP contribution < -0.4 is 10.1 Å². The normalized spacial score (nSPS) is 22.4. The molecule has 2 atom stereocenters. The summed E-state index contributed by atoms with van der Waals surface area (Å²) in [6.45, 7) is 4.27. The number of carbonyl (C=O) groups excluding carboxylic acids is 1. The number of ether oxygens (including phenoxy) is 1. The van der Waals surface area contributed by atoms with Crippen LogP contribution in [0.2, 0.25) is 0 Å². The summed E-state index contributed by atoms with van der Waals surface area (Å²) in [5.41, 5.74) is 0. The van der Waals surface area contributed by atoms with E-state index >= 15 is 0 Å². The van der Waals surface area contributed by atoms with Gasteiger partial charge < -0.3 is 15.0 Å². The van der Waals surface area contributed by atoms with E-state index in [0.717, 1.165) is 26.2 Å². The van der Waals surface area contributed by atoms with Crippen molar-refractivity contribution in [3.63, 3.8) is 0 Å². The number of hydrogen-bond acceptors (Lipinski definition) is 5. The highest BCUT2D eigenvalue weighted by atomic mass is 35.5. The minimum atomic E-state index is -3.18. The molecule has 140 valence electrons. The highest BCUT2D eigenvalue weighted by Gasteiger charge is 2.37. The van der Waals surface area contributed by atoms with Crippen LogP contribution in [0.15, 0.2) is 29.2 Å². The van der Waals surface area contributed by atoms with E-state index in [1.165, 1.54) is 18.4 Å². The highest BCUT2D eigenvalue weighted by Crippen LogP contribution is 2.26. The third kappa shape index (κ3) is 5.09. The van der Waals surface area contributed by atoms with E-state index in [2.05, 4.69) is 5.32 Å². The van der Waals surface area contributed by atoms with Crippen molar-refractivity contribution in [1.82, 2.24) is 10.2 Å². The van der Waals surface area contributed by atoms with Crippen LogP contribution in [0.4, 0.5) is 0 Å². The summed E-state index contributed by atoms with van der Waals surface area (Å²) < 4.78 is 28.4. The van der Waals surface area contributed by atoms with Gasteiger partial charge in [-0.05, 0) is 42.5 Å². The zero-order chi connectivity index (χ0) is 17.2. The SMILES string of the molecule is CS(=O)(=O)c1ccc(OCCCC(=O)N2C[C@H]3CNC[C@H]3C2)cc1.Cl. The fraction of sp³-hybridized carbons (Fsp3) is 0.588. The van der Waals surface area contributed by atoms with Gasteiger partial charge in [0.25, 0.3) is 0 Å². The quantitative estimate of drug-likeness (QED) is 0.744. The molecule has 0 aromatic heterocycles. The van der Waals surface area contributed by atoms with Crippen molar-refractivity contribution in [2.24, 2.45) is 11.8 Å². The maximum Gasteiger partial charge on any atom is 0.222 e. The number of carbonyl (C=O) groups is 1. The Labute approximate surface area is 155 Å². The van der Waals surface area contributed by atoms with Crippen LogP contribution in [0.5, 0.6) is 5.75 Å². The van der Waals surface area contributed by atoms with Gasteiger partial charge in [0, 0.05) is 38.9 Å². The van der Waals surface area contributed by atoms with Gasteiger partial charge >= 0.3 is 0 Å². The predicted molar refractivity (Wildman–Crippen MR) is 98.0 cm³/mol. The average Bonchev–Trinajstić information content (AvgIpc) is 3.12. The number of sulfone groups is 1. The van der Waals surface area contributed by atoms with Crippen LogP contribution in [-0.4, -0.2) is 58.3 Å². The Hall–Kier alpha value is -1.31. The van der Waals surface area contributed by atoms with Crippen LogP contribution in [0.3, 0.4) is 0 Å². The zero-order valence-corrected chi connectivity index (χ0v) is 15.9. The molecule has 1 aromatic carbocycles. The van der Waals surface area contributed by atoms with Crippen LogP contribution in [-0.2, 0) is 14.6 Å². The van der Waals surface area contributed by atoms with Gasteiger partial charge in [0.15, 0.2) is 9.84 Å². The maximum absolute atomic E-state index is 12.2. The summed E-state index contributed by atoms with van der Waals surface area (Å²) in [6, 6.07) is 6.36. The number of benzene rings is 1. The van der Waals surface area contributed by atoms with Crippen molar-refractivity contribution in [2.75, 3.05) is 39.0 Å². The molecule has 2 fully saturated rings. The molecule has 2 saturated heterocycles. The van der Waals surface area contributed by atoms with Gasteiger partial charge in [-0.1, -0.05) is 0 Å². The second kappa shape index (κ2) is 8.38. The molecule has 1 N–H and O–H groups in total. The summed E-state index contributed by atoms with van der Waals surface area (Å²) in [7, 11) is -3.18. The topological polar surface area (TPSA) is 75.7 Å². The molecule has 2 aliphatic heterocycles. The van der Waals surface area contributed by atoms with Gasteiger partial charge in [-0.15, -0.1) is 12.4 Å². The Morgan fingerprint density at radius 1 is 1.20 bits per heavy atom. The molecule has 2 aliphatic rings. The number of amides is 1. The first-order chi connectivity index (χ1) is 11.4. The van der Waals surface area contributed by atoms with E-state index in [1.807, 2.05) is 4.90 Å². The summed E-state index contributed by atoms with van der Waals surface area (Å²) >= 11 is 0. The first-order valence-electron chi connectivity index (χ1n) is 8.35. The van der Waals surface area contributed by atoms with Crippen molar-refractivity contribution >= 4 is 28.2 Å². The predicted octanol–water partition coefficient (Wildman–Crippen LogP) is 1.35. The first-order valence-corrected chi connectivity index (χ1v) is 10.2. The highest BCUT2D eigenvalue weighted by molar-refractivity contribution is 7.90. The van der Waals surface area contributed by atoms with Gasteiger partial charge in [-0.25, -0.2) is 8.42 Å². The second-order valence-corrected chi connectivity index (χ2v) is 8.69. The van der Waals surface area contributed by atoms with Gasteiger partial charge in [0.2, 0.25) is 5.91 Å². The molecule has 25 heavy (non-hydrogen) atoms. The van der Waals surface area contributed by atoms with Gasteiger partial charge in [-0.3, -0.25) is 4.79 Å². The first kappa shape index (κ1) is 20.0. The molecule has 6 nitrogen and oxygen atoms in total. The van der Waals surface area contributed by atoms with Crippen molar-refractivity contribution in [1.29, 1.82) is 0 Å². The number of nitrogens with one attached hydrogen (secondary N) is 1. The van der Waals surface area contributed by atoms with Crippen molar-refractivity contribution in [3.05, 3.63) is 24.3 Å². The molecule has 1 amide bonds. The molecule has 0 saturated carbocycles. The lowest BCUT2D eigenvalue weighted by Gasteiger charge is -2.17. The number of likely N-dealkylation sites (tertiary alicyclic amines) is 1. The molecule has 0 spiro atoms. The van der Waals surface area contributed by atoms with E-state index in [1.54, 1.807) is 12.1 Å². The fourth-order valence-corrected chi connectivity index (χ4v) is 4.04. The largest absolute Gasteiger partial charge is 0.494 e. The number of fused-ring (bicyclic) bond motifs is 1. The summed E-state index contributed by atoms with van der Waals surface area (Å²) in [5.74, 6) is 2.08. The number of hydrogen-bond donors (Lipinski definition) is 1. The van der Waals surface area contributed by atoms with Crippen LogP contribution in [0.25, 0.3) is 0 Å². The second-order valence-electron chi connectivity index (χ2n) is 6.67. The lowest BCUT2D eigenvalue weighted by Crippen LogP contribution is -2.31. The summed E-state index contributed by atoms with van der Waals surface area (Å²) in [5, 5.41) is 3.37. The Balaban J connectivity index is 0.00000225. The molecule has 8 heteroatoms. The number of halogens is 1. The van der Waals surface area contributed by atoms with Crippen LogP contribution in [0.1, 0.15) is 12.8 Å². The van der Waals surface area contributed by atoms with Gasteiger partial charge in [-0.2, -0.15) is 0 Å². The molecule has 0 bridgehead atoms. The summed E-state index contributed by atoms with van der Waals surface area (Å²) in [4.78, 5) is 14.5. The molecule has 2 heterocycles. The smallest absolute Gasteiger partial charge is 0.222 e. The Bertz CT molecular complexity index is 681. The van der Waals surface area contributed by atoms with Crippen LogP contribution in [0, 0.1) is 11.8 Å². The monoisotopic (exact) mass is 388 g/mol. The van der Waals surface area contributed by atoms with Gasteiger partial charge in [0.05, 0.1) is 11.5 Å². The van der Waals surface area contributed by atoms with E-state index < -0.39 is 9.84 Å². The molecular weight excluding hydrogens is 364 g/mol. The lowest BCUT2D eigenvalue weighted by atomic mass is 10.0. The standard InChI is InChI=1S/C17H24N2O4S.ClH/c1-24(21,22)16-6-4-15(5-7-16)23-8-2-3-17(20)19-11-13-9-18-10-14(13)12-19;/h4-7,13-14,18H,2-3,8-12H2,1H3;1H/t13-,14+;. The Kier molecular flexibility index (Phi) is 6.71. The molecule has 0 aliphatic carbocycles. The molecular formula is C17H25ClN2O4S. The molecule has 0 radical (unpaired) electrons. The number of nitrogens with zero attached hydrogens (tertiary/aromatic N) is 1. The lowest BCUT2D eigenvalue weighted by molar-refractivity contribution is -0.130. The molecule has 3 rings (SSSR count). The minimum absolute atomic E-state index is 0. The third-order valence-electron chi connectivity index (χ3n) is 4.80. The van der Waals surface area contributed by atoms with Crippen LogP contribution >= 0.6 is 12.4 Å². The third-order valence-corrected chi connectivity index (χ3v) is 5.93. The van der Waals surface area contributed by atoms with E-state index in [4.69, 9.17) is 4.74 Å². The van der Waals surface area contributed by atoms with Crippen molar-refractivity contribution in [3.8, 4) is 5.75 Å². The number of rotatable bonds is 6.